The Labute approximate surface area is 146 Å². The number of hydrogen-bond donors (Lipinski definition) is 0. The van der Waals surface area contributed by atoms with Crippen LogP contribution in [0.1, 0.15) is 61.1 Å². The van der Waals surface area contributed by atoms with E-state index in [4.69, 9.17) is 13.9 Å². The summed E-state index contributed by atoms with van der Waals surface area (Å²) in [6, 6.07) is 1.78. The standard InChI is InChI=1S/C20H22O5/c1-11(2)12-4-5-13-6-15(23-19(13)22)9-20(3)18(25-20)17-8-14(10-21)16(7-12)24-17/h6,8,10,12,15,18H,1,4-5,7,9H2,2-3H3/t12-,15-,18-,20-/m0/s1. The molecule has 0 spiro atoms. The Morgan fingerprint density at radius 3 is 2.96 bits per heavy atom. The van der Waals surface area contributed by atoms with Crippen molar-refractivity contribution in [3.8, 4) is 0 Å². The Kier molecular flexibility index (Phi) is 3.72. The summed E-state index contributed by atoms with van der Waals surface area (Å²) in [5.74, 6) is 1.26. The van der Waals surface area contributed by atoms with E-state index in [1.165, 1.54) is 0 Å². The minimum absolute atomic E-state index is 0.137. The highest BCUT2D eigenvalue weighted by Gasteiger charge is 2.57. The Morgan fingerprint density at radius 1 is 1.44 bits per heavy atom. The van der Waals surface area contributed by atoms with Crippen LogP contribution in [-0.2, 0) is 20.7 Å². The molecule has 0 radical (unpaired) electrons. The summed E-state index contributed by atoms with van der Waals surface area (Å²) in [6.07, 6.45) is 4.89. The average Bonchev–Trinajstić information content (AvgIpc) is 2.90. The summed E-state index contributed by atoms with van der Waals surface area (Å²) in [5.41, 5.74) is 1.88. The topological polar surface area (TPSA) is 69.0 Å². The number of rotatable bonds is 2. The average molecular weight is 342 g/mol. The molecule has 3 aliphatic rings. The van der Waals surface area contributed by atoms with Gasteiger partial charge in [0.05, 0.1) is 5.56 Å². The van der Waals surface area contributed by atoms with E-state index in [0.717, 1.165) is 23.9 Å². The molecule has 25 heavy (non-hydrogen) atoms. The zero-order valence-corrected chi connectivity index (χ0v) is 14.5. The van der Waals surface area contributed by atoms with Crippen LogP contribution in [-0.4, -0.2) is 24.0 Å². The first-order valence-corrected chi connectivity index (χ1v) is 8.72. The van der Waals surface area contributed by atoms with Crippen molar-refractivity contribution in [2.45, 2.75) is 57.3 Å². The van der Waals surface area contributed by atoms with Crippen LogP contribution in [0.2, 0.25) is 0 Å². The van der Waals surface area contributed by atoms with Crippen molar-refractivity contribution in [2.24, 2.45) is 5.92 Å². The number of esters is 1. The largest absolute Gasteiger partial charge is 0.462 e. The highest BCUT2D eigenvalue weighted by atomic mass is 16.6. The SMILES string of the molecule is C=C(C)[C@H]1CCC2=C[C@@H](C[C@]3(C)O[C@H]3c3cc(C=O)c(o3)C1)OC2=O. The molecule has 0 N–H and O–H groups in total. The normalized spacial score (nSPS) is 33.9. The second kappa shape index (κ2) is 5.70. The second-order valence-electron chi connectivity index (χ2n) is 7.58. The lowest BCUT2D eigenvalue weighted by Crippen LogP contribution is -2.18. The summed E-state index contributed by atoms with van der Waals surface area (Å²) in [7, 11) is 0. The van der Waals surface area contributed by atoms with Crippen molar-refractivity contribution in [3.05, 3.63) is 47.0 Å². The molecule has 1 aromatic rings. The van der Waals surface area contributed by atoms with Crippen LogP contribution in [0.15, 0.2) is 34.3 Å². The minimum Gasteiger partial charge on any atom is -0.462 e. The molecule has 4 rings (SSSR count). The van der Waals surface area contributed by atoms with Gasteiger partial charge in [-0.15, -0.1) is 0 Å². The number of carbonyl (C=O) groups is 2. The van der Waals surface area contributed by atoms with Gasteiger partial charge >= 0.3 is 5.97 Å². The van der Waals surface area contributed by atoms with Crippen LogP contribution < -0.4 is 0 Å². The Balaban J connectivity index is 1.71. The maximum atomic E-state index is 12.1. The summed E-state index contributed by atoms with van der Waals surface area (Å²) in [6.45, 7) is 8.02. The van der Waals surface area contributed by atoms with Gasteiger partial charge in [-0.05, 0) is 44.7 Å². The lowest BCUT2D eigenvalue weighted by atomic mass is 9.89. The number of aldehydes is 1. The third kappa shape index (κ3) is 2.86. The van der Waals surface area contributed by atoms with E-state index < -0.39 is 5.60 Å². The number of furan rings is 1. The van der Waals surface area contributed by atoms with Crippen molar-refractivity contribution in [1.29, 1.82) is 0 Å². The van der Waals surface area contributed by atoms with Gasteiger partial charge in [-0.2, -0.15) is 0 Å². The van der Waals surface area contributed by atoms with Crippen molar-refractivity contribution in [2.75, 3.05) is 0 Å². The monoisotopic (exact) mass is 342 g/mol. The van der Waals surface area contributed by atoms with Crippen molar-refractivity contribution in [3.63, 3.8) is 0 Å². The molecule has 132 valence electrons. The number of allylic oxidation sites excluding steroid dienone is 1. The van der Waals surface area contributed by atoms with Gasteiger partial charge in [-0.25, -0.2) is 4.79 Å². The van der Waals surface area contributed by atoms with Gasteiger partial charge in [0.15, 0.2) is 6.29 Å². The van der Waals surface area contributed by atoms with Crippen LogP contribution >= 0.6 is 0 Å². The first-order valence-electron chi connectivity index (χ1n) is 8.72. The Hall–Kier alpha value is -2.14. The van der Waals surface area contributed by atoms with Crippen LogP contribution in [0.4, 0.5) is 0 Å². The van der Waals surface area contributed by atoms with E-state index in [2.05, 4.69) is 6.58 Å². The van der Waals surface area contributed by atoms with E-state index in [1.807, 2.05) is 19.9 Å². The zero-order chi connectivity index (χ0) is 17.8. The molecule has 5 nitrogen and oxygen atoms in total. The van der Waals surface area contributed by atoms with E-state index >= 15 is 0 Å². The fourth-order valence-electron chi connectivity index (χ4n) is 3.90. The molecule has 0 aliphatic carbocycles. The molecule has 4 atom stereocenters. The predicted molar refractivity (Wildman–Crippen MR) is 90.1 cm³/mol. The maximum absolute atomic E-state index is 12.1. The molecule has 4 bridgehead atoms. The molecule has 1 saturated heterocycles. The number of hydrogen-bond acceptors (Lipinski definition) is 5. The highest BCUT2D eigenvalue weighted by molar-refractivity contribution is 5.90. The van der Waals surface area contributed by atoms with Gasteiger partial charge < -0.3 is 13.9 Å². The third-order valence-electron chi connectivity index (χ3n) is 5.54. The lowest BCUT2D eigenvalue weighted by Gasteiger charge is -2.16. The first kappa shape index (κ1) is 16.3. The fraction of sp³-hybridized carbons (Fsp3) is 0.500. The molecule has 3 aliphatic heterocycles. The van der Waals surface area contributed by atoms with Gasteiger partial charge in [-0.3, -0.25) is 4.79 Å². The Morgan fingerprint density at radius 2 is 2.24 bits per heavy atom. The van der Waals surface area contributed by atoms with Gasteiger partial charge in [0.2, 0.25) is 0 Å². The van der Waals surface area contributed by atoms with E-state index in [-0.39, 0.29) is 24.1 Å². The quantitative estimate of drug-likeness (QED) is 0.355. The van der Waals surface area contributed by atoms with Crippen LogP contribution in [0.25, 0.3) is 0 Å². The van der Waals surface area contributed by atoms with Crippen LogP contribution in [0, 0.1) is 5.92 Å². The third-order valence-corrected chi connectivity index (χ3v) is 5.54. The molecule has 1 fully saturated rings. The number of carbonyl (C=O) groups excluding carboxylic acids is 2. The van der Waals surface area contributed by atoms with Gasteiger partial charge in [0, 0.05) is 18.4 Å². The molecular formula is C20H22O5. The van der Waals surface area contributed by atoms with Crippen molar-refractivity contribution >= 4 is 12.3 Å². The molecular weight excluding hydrogens is 320 g/mol. The maximum Gasteiger partial charge on any atom is 0.334 e. The van der Waals surface area contributed by atoms with E-state index in [9.17, 15) is 9.59 Å². The van der Waals surface area contributed by atoms with Gasteiger partial charge in [-0.1, -0.05) is 12.2 Å². The highest BCUT2D eigenvalue weighted by Crippen LogP contribution is 2.54. The summed E-state index contributed by atoms with van der Waals surface area (Å²) >= 11 is 0. The van der Waals surface area contributed by atoms with Gasteiger partial charge in [0.1, 0.15) is 29.3 Å². The van der Waals surface area contributed by atoms with E-state index in [1.54, 1.807) is 6.07 Å². The van der Waals surface area contributed by atoms with Crippen molar-refractivity contribution in [1.82, 2.24) is 0 Å². The Bertz CT molecular complexity index is 786. The van der Waals surface area contributed by atoms with Crippen LogP contribution in [0.3, 0.4) is 0 Å². The molecule has 1 aromatic heterocycles. The minimum atomic E-state index is -0.437. The molecule has 4 heterocycles. The number of fused-ring (bicyclic) bond motifs is 5. The summed E-state index contributed by atoms with van der Waals surface area (Å²) in [5, 5.41) is 0. The van der Waals surface area contributed by atoms with Crippen LogP contribution in [0.5, 0.6) is 0 Å². The molecule has 0 unspecified atom stereocenters. The van der Waals surface area contributed by atoms with Crippen molar-refractivity contribution < 1.29 is 23.5 Å². The number of epoxide rings is 1. The lowest BCUT2D eigenvalue weighted by molar-refractivity contribution is -0.140. The first-order chi connectivity index (χ1) is 11.9. The molecule has 0 amide bonds. The predicted octanol–water partition coefficient (Wildman–Crippen LogP) is 3.69. The molecule has 5 heteroatoms. The summed E-state index contributed by atoms with van der Waals surface area (Å²) in [4.78, 5) is 23.6. The fourth-order valence-corrected chi connectivity index (χ4v) is 3.90. The smallest absolute Gasteiger partial charge is 0.334 e. The van der Waals surface area contributed by atoms with Gasteiger partial charge in [0.25, 0.3) is 0 Å². The summed E-state index contributed by atoms with van der Waals surface area (Å²) < 4.78 is 17.3. The van der Waals surface area contributed by atoms with E-state index in [0.29, 0.717) is 36.3 Å². The zero-order valence-electron chi connectivity index (χ0n) is 14.5. The second-order valence-corrected chi connectivity index (χ2v) is 7.58. The number of ether oxygens (including phenoxy) is 2. The molecule has 0 aromatic carbocycles. The molecule has 0 saturated carbocycles.